The number of nitrogens with zero attached hydrogens (tertiary/aromatic N) is 1. The summed E-state index contributed by atoms with van der Waals surface area (Å²) in [6.45, 7) is 3.71. The first-order valence-electron chi connectivity index (χ1n) is 6.60. The Morgan fingerprint density at radius 2 is 2.11 bits per heavy atom. The van der Waals surface area contributed by atoms with E-state index in [0.717, 1.165) is 43.5 Å². The van der Waals surface area contributed by atoms with Gasteiger partial charge in [-0.1, -0.05) is 15.9 Å². The average molecular weight is 325 g/mol. The summed E-state index contributed by atoms with van der Waals surface area (Å²) in [7, 11) is 0. The van der Waals surface area contributed by atoms with E-state index in [2.05, 4.69) is 21.2 Å². The number of nitrogens with one attached hydrogen (secondary N) is 1. The quantitative estimate of drug-likeness (QED) is 0.863. The Kier molecular flexibility index (Phi) is 3.50. The van der Waals surface area contributed by atoms with Crippen LogP contribution in [0.4, 0.5) is 4.79 Å². The lowest BCUT2D eigenvalue weighted by Gasteiger charge is -2.22. The number of halogens is 1. The lowest BCUT2D eigenvalue weighted by Crippen LogP contribution is -2.35. The molecule has 0 aliphatic carbocycles. The predicted molar refractivity (Wildman–Crippen MR) is 76.3 cm³/mol. The van der Waals surface area contributed by atoms with E-state index in [1.807, 2.05) is 17.0 Å². The van der Waals surface area contributed by atoms with Gasteiger partial charge in [-0.05, 0) is 43.7 Å². The fraction of sp³-hybridized carbons (Fsp3) is 0.500. The van der Waals surface area contributed by atoms with Crippen LogP contribution in [0.1, 0.15) is 12.8 Å². The first-order chi connectivity index (χ1) is 9.17. The normalized spacial score (nSPS) is 26.1. The molecule has 5 heteroatoms. The molecule has 1 aromatic carbocycles. The van der Waals surface area contributed by atoms with Crippen LogP contribution in [0, 0.1) is 5.41 Å². The van der Waals surface area contributed by atoms with Crippen LogP contribution in [0.5, 0.6) is 5.75 Å². The number of benzene rings is 1. The minimum absolute atomic E-state index is 0.230. The molecule has 1 atom stereocenters. The van der Waals surface area contributed by atoms with Gasteiger partial charge < -0.3 is 15.0 Å². The lowest BCUT2D eigenvalue weighted by atomic mass is 9.87. The summed E-state index contributed by atoms with van der Waals surface area (Å²) in [5.74, 6) is 0.596. The molecule has 0 radical (unpaired) electrons. The number of likely N-dealkylation sites (tertiary alicyclic amines) is 1. The van der Waals surface area contributed by atoms with E-state index in [9.17, 15) is 4.79 Å². The molecule has 0 saturated carbocycles. The summed E-state index contributed by atoms with van der Waals surface area (Å²) in [4.78, 5) is 13.9. The van der Waals surface area contributed by atoms with E-state index in [1.165, 1.54) is 0 Å². The Hall–Kier alpha value is -1.07. The molecule has 1 aromatic rings. The van der Waals surface area contributed by atoms with Crippen molar-refractivity contribution in [2.75, 3.05) is 26.2 Å². The second kappa shape index (κ2) is 5.13. The van der Waals surface area contributed by atoms with Crippen molar-refractivity contribution in [1.29, 1.82) is 0 Å². The number of carbonyl (C=O) groups is 1. The predicted octanol–water partition coefficient (Wildman–Crippen LogP) is 2.63. The fourth-order valence-electron chi connectivity index (χ4n) is 2.90. The van der Waals surface area contributed by atoms with Crippen LogP contribution < -0.4 is 10.1 Å². The maximum Gasteiger partial charge on any atom is 0.415 e. The fourth-order valence-corrected chi connectivity index (χ4v) is 3.17. The van der Waals surface area contributed by atoms with Gasteiger partial charge in [0.1, 0.15) is 5.75 Å². The van der Waals surface area contributed by atoms with Crippen LogP contribution in [-0.2, 0) is 0 Å². The smallest absolute Gasteiger partial charge is 0.410 e. The van der Waals surface area contributed by atoms with Crippen molar-refractivity contribution in [3.05, 3.63) is 28.7 Å². The van der Waals surface area contributed by atoms with Crippen molar-refractivity contribution in [3.63, 3.8) is 0 Å². The minimum atomic E-state index is -0.230. The molecule has 19 heavy (non-hydrogen) atoms. The van der Waals surface area contributed by atoms with E-state index >= 15 is 0 Å². The lowest BCUT2D eigenvalue weighted by molar-refractivity contribution is 0.157. The summed E-state index contributed by atoms with van der Waals surface area (Å²) in [6.07, 6.45) is 2.01. The zero-order valence-electron chi connectivity index (χ0n) is 10.7. The first kappa shape index (κ1) is 12.9. The van der Waals surface area contributed by atoms with Gasteiger partial charge in [-0.25, -0.2) is 4.79 Å². The van der Waals surface area contributed by atoms with Gasteiger partial charge in [0.2, 0.25) is 0 Å². The highest BCUT2D eigenvalue weighted by molar-refractivity contribution is 9.10. The monoisotopic (exact) mass is 324 g/mol. The van der Waals surface area contributed by atoms with E-state index in [0.29, 0.717) is 11.2 Å². The number of ether oxygens (including phenoxy) is 1. The van der Waals surface area contributed by atoms with Crippen molar-refractivity contribution in [2.24, 2.45) is 5.41 Å². The van der Waals surface area contributed by atoms with Gasteiger partial charge >= 0.3 is 6.09 Å². The SMILES string of the molecule is O=C(Oc1ccc(Br)cc1)N1CCC2(CCNC2)C1. The maximum absolute atomic E-state index is 12.1. The number of hydrogen-bond donors (Lipinski definition) is 1. The van der Waals surface area contributed by atoms with E-state index in [-0.39, 0.29) is 6.09 Å². The highest BCUT2D eigenvalue weighted by Crippen LogP contribution is 2.36. The third-order valence-corrected chi connectivity index (χ3v) is 4.58. The van der Waals surface area contributed by atoms with Crippen LogP contribution in [0.15, 0.2) is 28.7 Å². The van der Waals surface area contributed by atoms with Gasteiger partial charge in [0, 0.05) is 29.5 Å². The van der Waals surface area contributed by atoms with E-state index < -0.39 is 0 Å². The van der Waals surface area contributed by atoms with E-state index in [1.54, 1.807) is 12.1 Å². The molecule has 2 aliphatic heterocycles. The van der Waals surface area contributed by atoms with Gasteiger partial charge in [0.05, 0.1) is 0 Å². The summed E-state index contributed by atoms with van der Waals surface area (Å²) in [5, 5.41) is 3.39. The zero-order valence-corrected chi connectivity index (χ0v) is 12.3. The van der Waals surface area contributed by atoms with Crippen LogP contribution in [0.3, 0.4) is 0 Å². The summed E-state index contributed by atoms with van der Waals surface area (Å²) < 4.78 is 6.38. The Morgan fingerprint density at radius 3 is 2.79 bits per heavy atom. The summed E-state index contributed by atoms with van der Waals surface area (Å²) in [6, 6.07) is 7.33. The molecule has 102 valence electrons. The number of hydrogen-bond acceptors (Lipinski definition) is 3. The van der Waals surface area contributed by atoms with Crippen molar-refractivity contribution < 1.29 is 9.53 Å². The third-order valence-electron chi connectivity index (χ3n) is 4.05. The Balaban J connectivity index is 1.61. The van der Waals surface area contributed by atoms with Gasteiger partial charge in [0.15, 0.2) is 0 Å². The Labute approximate surface area is 121 Å². The first-order valence-corrected chi connectivity index (χ1v) is 7.39. The summed E-state index contributed by atoms with van der Waals surface area (Å²) >= 11 is 3.36. The third kappa shape index (κ3) is 2.77. The highest BCUT2D eigenvalue weighted by atomic mass is 79.9. The van der Waals surface area contributed by atoms with Crippen LogP contribution in [0.25, 0.3) is 0 Å². The maximum atomic E-state index is 12.1. The van der Waals surface area contributed by atoms with Crippen molar-refractivity contribution in [1.82, 2.24) is 10.2 Å². The zero-order chi connectivity index (χ0) is 13.3. The molecule has 1 spiro atoms. The van der Waals surface area contributed by atoms with Crippen LogP contribution in [0.2, 0.25) is 0 Å². The van der Waals surface area contributed by atoms with Gasteiger partial charge in [0.25, 0.3) is 0 Å². The average Bonchev–Trinajstić information content (AvgIpc) is 3.03. The molecule has 1 unspecified atom stereocenters. The molecule has 3 rings (SSSR count). The van der Waals surface area contributed by atoms with Gasteiger partial charge in [-0.15, -0.1) is 0 Å². The second-order valence-electron chi connectivity index (χ2n) is 5.42. The second-order valence-corrected chi connectivity index (χ2v) is 6.34. The number of amides is 1. The Morgan fingerprint density at radius 1 is 1.32 bits per heavy atom. The molecule has 0 bridgehead atoms. The molecule has 2 heterocycles. The minimum Gasteiger partial charge on any atom is -0.410 e. The highest BCUT2D eigenvalue weighted by Gasteiger charge is 2.42. The van der Waals surface area contributed by atoms with Crippen molar-refractivity contribution in [2.45, 2.75) is 12.8 Å². The molecule has 1 amide bonds. The molecular formula is C14H17BrN2O2. The Bertz CT molecular complexity index is 469. The molecule has 0 aromatic heterocycles. The number of carbonyl (C=O) groups excluding carboxylic acids is 1. The van der Waals surface area contributed by atoms with Crippen molar-refractivity contribution in [3.8, 4) is 5.75 Å². The van der Waals surface area contributed by atoms with E-state index in [4.69, 9.17) is 4.74 Å². The molecule has 1 N–H and O–H groups in total. The van der Waals surface area contributed by atoms with Crippen LogP contribution in [-0.4, -0.2) is 37.2 Å². The molecule has 2 saturated heterocycles. The largest absolute Gasteiger partial charge is 0.415 e. The standard InChI is InChI=1S/C14H17BrN2O2/c15-11-1-3-12(4-2-11)19-13(18)17-8-6-14(10-17)5-7-16-9-14/h1-4,16H,5-10H2. The van der Waals surface area contributed by atoms with Gasteiger partial charge in [-0.3, -0.25) is 0 Å². The van der Waals surface area contributed by atoms with Crippen molar-refractivity contribution >= 4 is 22.0 Å². The molecule has 4 nitrogen and oxygen atoms in total. The number of rotatable bonds is 1. The molecule has 2 aliphatic rings. The van der Waals surface area contributed by atoms with Gasteiger partial charge in [-0.2, -0.15) is 0 Å². The topological polar surface area (TPSA) is 41.6 Å². The van der Waals surface area contributed by atoms with Crippen LogP contribution >= 0.6 is 15.9 Å². The molecular weight excluding hydrogens is 308 g/mol. The molecule has 2 fully saturated rings. The summed E-state index contributed by atoms with van der Waals surface area (Å²) in [5.41, 5.74) is 0.290.